The second kappa shape index (κ2) is 2.94. The van der Waals surface area contributed by atoms with Crippen molar-refractivity contribution in [2.45, 2.75) is 18.9 Å². The topological polar surface area (TPSA) is 41.0 Å². The maximum atomic E-state index is 4.41. The minimum Gasteiger partial charge on any atom is -0.337 e. The van der Waals surface area contributed by atoms with Crippen LogP contribution in [0.3, 0.4) is 0 Å². The van der Waals surface area contributed by atoms with E-state index in [0.29, 0.717) is 6.04 Å². The number of para-hydroxylation sites is 2. The summed E-state index contributed by atoms with van der Waals surface area (Å²) in [5.41, 5.74) is 2.08. The summed E-state index contributed by atoms with van der Waals surface area (Å²) >= 11 is 0. The number of hydrogen-bond donors (Lipinski definition) is 1. The summed E-state index contributed by atoms with van der Waals surface area (Å²) in [5, 5.41) is 0. The fourth-order valence-electron chi connectivity index (χ4n) is 1.43. The summed E-state index contributed by atoms with van der Waals surface area (Å²) in [4.78, 5) is 12.0. The highest BCUT2D eigenvalue weighted by Crippen LogP contribution is 2.23. The molecule has 1 aliphatic carbocycles. The van der Waals surface area contributed by atoms with E-state index in [9.17, 15) is 0 Å². The number of fused-ring (bicyclic) bond motifs is 1. The molecular formula is C11H11N3. The van der Waals surface area contributed by atoms with Crippen LogP contribution in [0.15, 0.2) is 29.3 Å². The van der Waals surface area contributed by atoms with Crippen LogP contribution in [0.1, 0.15) is 18.7 Å². The number of benzene rings is 1. The smallest absolute Gasteiger partial charge is 0.149 e. The molecule has 1 aromatic carbocycles. The summed E-state index contributed by atoms with van der Waals surface area (Å²) in [5.74, 6) is 0.859. The van der Waals surface area contributed by atoms with Crippen molar-refractivity contribution < 1.29 is 0 Å². The zero-order valence-corrected chi connectivity index (χ0v) is 7.77. The molecule has 0 saturated heterocycles. The number of hydrogen-bond acceptors (Lipinski definition) is 2. The van der Waals surface area contributed by atoms with E-state index in [4.69, 9.17) is 0 Å². The Morgan fingerprint density at radius 1 is 1.36 bits per heavy atom. The third-order valence-corrected chi connectivity index (χ3v) is 2.36. The van der Waals surface area contributed by atoms with Crippen LogP contribution < -0.4 is 0 Å². The first-order chi connectivity index (χ1) is 6.92. The fourth-order valence-corrected chi connectivity index (χ4v) is 1.43. The number of nitrogens with zero attached hydrogens (tertiary/aromatic N) is 2. The van der Waals surface area contributed by atoms with E-state index < -0.39 is 0 Å². The molecule has 3 nitrogen and oxygen atoms in total. The fraction of sp³-hybridized carbons (Fsp3) is 0.273. The lowest BCUT2D eigenvalue weighted by Crippen LogP contribution is -1.85. The molecule has 0 unspecified atom stereocenters. The van der Waals surface area contributed by atoms with Gasteiger partial charge in [-0.05, 0) is 25.0 Å². The third kappa shape index (κ3) is 1.41. The largest absolute Gasteiger partial charge is 0.337 e. The van der Waals surface area contributed by atoms with Crippen LogP contribution in [0.4, 0.5) is 0 Å². The highest BCUT2D eigenvalue weighted by molar-refractivity contribution is 5.83. The van der Waals surface area contributed by atoms with Crippen molar-refractivity contribution in [2.24, 2.45) is 4.99 Å². The molecule has 1 aromatic heterocycles. The molecule has 0 atom stereocenters. The number of aromatic nitrogens is 2. The van der Waals surface area contributed by atoms with Crippen molar-refractivity contribution in [3.05, 3.63) is 30.1 Å². The number of aliphatic imine (C=N–C) groups is 1. The van der Waals surface area contributed by atoms with Crippen LogP contribution in [0, 0.1) is 0 Å². The molecule has 3 heteroatoms. The molecule has 0 aliphatic heterocycles. The van der Waals surface area contributed by atoms with Gasteiger partial charge in [0.15, 0.2) is 0 Å². The molecule has 0 radical (unpaired) electrons. The van der Waals surface area contributed by atoms with Gasteiger partial charge in [-0.3, -0.25) is 4.99 Å². The summed E-state index contributed by atoms with van der Waals surface area (Å²) in [6.07, 6.45) is 4.31. The van der Waals surface area contributed by atoms with Crippen LogP contribution >= 0.6 is 0 Å². The molecule has 1 aliphatic rings. The maximum Gasteiger partial charge on any atom is 0.149 e. The van der Waals surface area contributed by atoms with Gasteiger partial charge < -0.3 is 4.98 Å². The Morgan fingerprint density at radius 3 is 3.00 bits per heavy atom. The van der Waals surface area contributed by atoms with E-state index in [2.05, 4.69) is 15.0 Å². The predicted octanol–water partition coefficient (Wildman–Crippen LogP) is 2.14. The quantitative estimate of drug-likeness (QED) is 0.715. The Balaban J connectivity index is 1.97. The van der Waals surface area contributed by atoms with Crippen LogP contribution in [0.5, 0.6) is 0 Å². The van der Waals surface area contributed by atoms with Gasteiger partial charge in [0, 0.05) is 0 Å². The lowest BCUT2D eigenvalue weighted by atomic mass is 10.3. The van der Waals surface area contributed by atoms with Gasteiger partial charge in [-0.25, -0.2) is 4.98 Å². The van der Waals surface area contributed by atoms with Gasteiger partial charge in [-0.1, -0.05) is 12.1 Å². The lowest BCUT2D eigenvalue weighted by Gasteiger charge is -1.82. The Hall–Kier alpha value is -1.64. The first-order valence-electron chi connectivity index (χ1n) is 4.90. The predicted molar refractivity (Wildman–Crippen MR) is 56.7 cm³/mol. The lowest BCUT2D eigenvalue weighted by molar-refractivity contribution is 1.07. The highest BCUT2D eigenvalue weighted by Gasteiger charge is 2.18. The van der Waals surface area contributed by atoms with Crippen molar-refractivity contribution in [2.75, 3.05) is 0 Å². The van der Waals surface area contributed by atoms with Gasteiger partial charge in [0.05, 0.1) is 23.3 Å². The molecule has 0 amide bonds. The standard InChI is InChI=1S/C11H11N3/c1-2-4-10-9(3-1)13-11(14-10)7-12-8-5-6-8/h1-4,7-8H,5-6H2,(H,13,14)/b12-7+. The van der Waals surface area contributed by atoms with E-state index in [1.165, 1.54) is 12.8 Å². The maximum absolute atomic E-state index is 4.41. The monoisotopic (exact) mass is 185 g/mol. The van der Waals surface area contributed by atoms with Crippen LogP contribution in [0.25, 0.3) is 11.0 Å². The second-order valence-corrected chi connectivity index (χ2v) is 3.65. The van der Waals surface area contributed by atoms with Crippen LogP contribution in [-0.4, -0.2) is 22.2 Å². The van der Waals surface area contributed by atoms with Crippen molar-refractivity contribution in [3.63, 3.8) is 0 Å². The van der Waals surface area contributed by atoms with E-state index in [-0.39, 0.29) is 0 Å². The number of H-pyrrole nitrogens is 1. The molecule has 70 valence electrons. The van der Waals surface area contributed by atoms with Crippen molar-refractivity contribution >= 4 is 17.2 Å². The van der Waals surface area contributed by atoms with Crippen molar-refractivity contribution in [3.8, 4) is 0 Å². The SMILES string of the molecule is C(=N\C1CC1)/c1nc2ccccc2[nH]1. The Morgan fingerprint density at radius 2 is 2.21 bits per heavy atom. The molecule has 0 bridgehead atoms. The molecule has 1 saturated carbocycles. The average Bonchev–Trinajstić information content (AvgIpc) is 2.94. The van der Waals surface area contributed by atoms with E-state index in [0.717, 1.165) is 16.9 Å². The van der Waals surface area contributed by atoms with Gasteiger partial charge in [-0.15, -0.1) is 0 Å². The van der Waals surface area contributed by atoms with E-state index in [1.54, 1.807) is 0 Å². The van der Waals surface area contributed by atoms with Crippen LogP contribution in [0.2, 0.25) is 0 Å². The van der Waals surface area contributed by atoms with Gasteiger partial charge in [-0.2, -0.15) is 0 Å². The molecule has 2 aromatic rings. The van der Waals surface area contributed by atoms with E-state index in [1.807, 2.05) is 30.5 Å². The van der Waals surface area contributed by atoms with Gasteiger partial charge in [0.1, 0.15) is 5.82 Å². The Labute approximate surface area is 81.9 Å². The van der Waals surface area contributed by atoms with Gasteiger partial charge >= 0.3 is 0 Å². The number of rotatable bonds is 2. The number of nitrogens with one attached hydrogen (secondary N) is 1. The minimum absolute atomic E-state index is 0.559. The van der Waals surface area contributed by atoms with Crippen LogP contribution in [-0.2, 0) is 0 Å². The molecule has 1 heterocycles. The van der Waals surface area contributed by atoms with Gasteiger partial charge in [0.25, 0.3) is 0 Å². The molecule has 14 heavy (non-hydrogen) atoms. The molecule has 1 N–H and O–H groups in total. The normalized spacial score (nSPS) is 16.9. The summed E-state index contributed by atoms with van der Waals surface area (Å²) in [6.45, 7) is 0. The van der Waals surface area contributed by atoms with Gasteiger partial charge in [0.2, 0.25) is 0 Å². The first-order valence-corrected chi connectivity index (χ1v) is 4.90. The summed E-state index contributed by atoms with van der Waals surface area (Å²) in [7, 11) is 0. The minimum atomic E-state index is 0.559. The third-order valence-electron chi connectivity index (χ3n) is 2.36. The first kappa shape index (κ1) is 7.74. The average molecular weight is 185 g/mol. The highest BCUT2D eigenvalue weighted by atomic mass is 14.9. The molecular weight excluding hydrogens is 174 g/mol. The number of aromatic amines is 1. The number of imidazole rings is 1. The second-order valence-electron chi connectivity index (χ2n) is 3.65. The van der Waals surface area contributed by atoms with Crippen molar-refractivity contribution in [1.82, 2.24) is 9.97 Å². The zero-order chi connectivity index (χ0) is 9.38. The Bertz CT molecular complexity index is 447. The summed E-state index contributed by atoms with van der Waals surface area (Å²) in [6, 6.07) is 8.58. The zero-order valence-electron chi connectivity index (χ0n) is 7.77. The molecule has 3 rings (SSSR count). The molecule has 0 spiro atoms. The Kier molecular flexibility index (Phi) is 1.63. The molecule has 1 fully saturated rings. The van der Waals surface area contributed by atoms with E-state index >= 15 is 0 Å². The summed E-state index contributed by atoms with van der Waals surface area (Å²) < 4.78 is 0. The van der Waals surface area contributed by atoms with Crippen molar-refractivity contribution in [1.29, 1.82) is 0 Å².